The van der Waals surface area contributed by atoms with E-state index in [1.807, 2.05) is 19.2 Å². The van der Waals surface area contributed by atoms with Gasteiger partial charge in [0.05, 0.1) is 15.6 Å². The summed E-state index contributed by atoms with van der Waals surface area (Å²) < 4.78 is 27.6. The predicted molar refractivity (Wildman–Crippen MR) is 128 cm³/mol. The third kappa shape index (κ3) is 4.04. The van der Waals surface area contributed by atoms with Gasteiger partial charge in [0.25, 0.3) is 0 Å². The van der Waals surface area contributed by atoms with Gasteiger partial charge in [0.1, 0.15) is 0 Å². The quantitative estimate of drug-likeness (QED) is 0.567. The van der Waals surface area contributed by atoms with Crippen molar-refractivity contribution in [2.45, 2.75) is 43.4 Å². The van der Waals surface area contributed by atoms with Gasteiger partial charge < -0.3 is 4.90 Å². The summed E-state index contributed by atoms with van der Waals surface area (Å²) in [6, 6.07) is 13.1. The molecule has 0 bridgehead atoms. The molecule has 31 heavy (non-hydrogen) atoms. The number of rotatable bonds is 4. The van der Waals surface area contributed by atoms with Crippen LogP contribution < -0.4 is 4.90 Å². The van der Waals surface area contributed by atoms with Crippen molar-refractivity contribution >= 4 is 39.2 Å². The van der Waals surface area contributed by atoms with Crippen LogP contribution in [-0.4, -0.2) is 39.1 Å². The molecule has 7 heteroatoms. The van der Waals surface area contributed by atoms with Gasteiger partial charge in [-0.05, 0) is 48.7 Å². The molecule has 2 aromatic rings. The number of nitrogens with zero attached hydrogens (tertiary/aromatic N) is 3. The number of likely N-dealkylation sites (N-methyl/N-ethyl adjacent to an activating group) is 1. The van der Waals surface area contributed by atoms with E-state index in [-0.39, 0.29) is 10.3 Å². The lowest BCUT2D eigenvalue weighted by molar-refractivity contribution is 0.346. The van der Waals surface area contributed by atoms with Crippen LogP contribution in [0.25, 0.3) is 0 Å². The largest absolute Gasteiger partial charge is 0.347 e. The van der Waals surface area contributed by atoms with Crippen LogP contribution >= 0.6 is 11.6 Å². The molecule has 2 aliphatic rings. The smallest absolute Gasteiger partial charge is 0.243 e. The zero-order valence-corrected chi connectivity index (χ0v) is 19.7. The summed E-state index contributed by atoms with van der Waals surface area (Å²) in [5.41, 5.74) is 3.86. The van der Waals surface area contributed by atoms with Gasteiger partial charge in [-0.15, -0.1) is 0 Å². The lowest BCUT2D eigenvalue weighted by Crippen LogP contribution is -2.35. The number of fused-ring (bicyclic) bond motifs is 1. The minimum atomic E-state index is -3.53. The number of piperidine rings is 1. The van der Waals surface area contributed by atoms with Crippen LogP contribution in [0, 0.1) is 0 Å². The van der Waals surface area contributed by atoms with Crippen molar-refractivity contribution in [3.63, 3.8) is 0 Å². The molecule has 0 amide bonds. The summed E-state index contributed by atoms with van der Waals surface area (Å²) in [4.78, 5) is 6.92. The van der Waals surface area contributed by atoms with E-state index in [0.29, 0.717) is 23.8 Å². The molecule has 2 aromatic carbocycles. The average Bonchev–Trinajstić information content (AvgIpc) is 2.96. The molecule has 0 radical (unpaired) electrons. The fourth-order valence-electron chi connectivity index (χ4n) is 4.50. The lowest BCUT2D eigenvalue weighted by Gasteiger charge is -2.26. The molecule has 0 atom stereocenters. The van der Waals surface area contributed by atoms with Gasteiger partial charge in [-0.3, -0.25) is 4.99 Å². The van der Waals surface area contributed by atoms with Crippen molar-refractivity contribution in [2.75, 3.05) is 25.0 Å². The average molecular weight is 458 g/mol. The summed E-state index contributed by atoms with van der Waals surface area (Å²) in [5.74, 6) is 0. The molecule has 2 heterocycles. The fraction of sp³-hybridized carbons (Fsp3) is 0.375. The highest BCUT2D eigenvalue weighted by molar-refractivity contribution is 7.89. The Labute approximate surface area is 190 Å². The van der Waals surface area contributed by atoms with Gasteiger partial charge in [-0.25, -0.2) is 8.42 Å². The number of anilines is 1. The molecule has 5 nitrogen and oxygen atoms in total. The summed E-state index contributed by atoms with van der Waals surface area (Å²) in [5, 5.41) is 0.426. The molecule has 0 spiro atoms. The van der Waals surface area contributed by atoms with Crippen LogP contribution in [0.3, 0.4) is 0 Å². The highest BCUT2D eigenvalue weighted by Gasteiger charge is 2.37. The van der Waals surface area contributed by atoms with Gasteiger partial charge in [-0.1, -0.05) is 50.1 Å². The molecule has 0 N–H and O–H groups in total. The highest BCUT2D eigenvalue weighted by Crippen LogP contribution is 2.46. The van der Waals surface area contributed by atoms with Crippen LogP contribution in [0.1, 0.15) is 38.7 Å². The van der Waals surface area contributed by atoms with Gasteiger partial charge in [0.15, 0.2) is 0 Å². The Kier molecular flexibility index (Phi) is 5.99. The Hall–Kier alpha value is -2.15. The van der Waals surface area contributed by atoms with Crippen molar-refractivity contribution in [3.8, 4) is 0 Å². The van der Waals surface area contributed by atoms with Crippen LogP contribution in [0.4, 0.5) is 11.4 Å². The number of aliphatic imine (C=N–C) groups is 1. The van der Waals surface area contributed by atoms with Gasteiger partial charge >= 0.3 is 0 Å². The molecule has 0 unspecified atom stereocenters. The van der Waals surface area contributed by atoms with Crippen molar-refractivity contribution in [2.24, 2.45) is 4.99 Å². The van der Waals surface area contributed by atoms with Gasteiger partial charge in [0.2, 0.25) is 10.0 Å². The second-order valence-corrected chi connectivity index (χ2v) is 11.0. The minimum absolute atomic E-state index is 0.152. The zero-order valence-electron chi connectivity index (χ0n) is 18.2. The third-order valence-corrected chi connectivity index (χ3v) is 8.47. The molecule has 164 valence electrons. The molecule has 4 rings (SSSR count). The Balaban J connectivity index is 1.62. The monoisotopic (exact) mass is 457 g/mol. The second kappa shape index (κ2) is 8.41. The molecule has 0 aliphatic carbocycles. The van der Waals surface area contributed by atoms with E-state index in [1.54, 1.807) is 28.7 Å². The Morgan fingerprint density at radius 3 is 2.48 bits per heavy atom. The Morgan fingerprint density at radius 2 is 1.77 bits per heavy atom. The van der Waals surface area contributed by atoms with Gasteiger partial charge in [-0.2, -0.15) is 4.31 Å². The Bertz CT molecular complexity index is 1150. The molecule has 1 fully saturated rings. The number of benzene rings is 2. The number of halogens is 1. The fourth-order valence-corrected chi connectivity index (χ4v) is 6.20. The first-order valence-electron chi connectivity index (χ1n) is 10.6. The summed E-state index contributed by atoms with van der Waals surface area (Å²) in [7, 11) is -1.48. The van der Waals surface area contributed by atoms with E-state index < -0.39 is 10.0 Å². The van der Waals surface area contributed by atoms with E-state index in [4.69, 9.17) is 11.6 Å². The molecular formula is C24H28ClN3O2S. The maximum absolute atomic E-state index is 13.0. The number of hydrogen-bond donors (Lipinski definition) is 0. The SMILES string of the molecule is CN1C(=CC=Nc2cc(S(=O)(=O)N3CCCCC3)ccc2Cl)C(C)(C)c2ccccc21. The van der Waals surface area contributed by atoms with E-state index in [1.165, 1.54) is 11.3 Å². The number of hydrogen-bond acceptors (Lipinski definition) is 4. The van der Waals surface area contributed by atoms with Crippen molar-refractivity contribution in [1.29, 1.82) is 0 Å². The standard InChI is InChI=1S/C24H28ClN3O2S/c1-24(2)19-9-5-6-10-22(19)27(3)23(24)13-14-26-21-17-18(11-12-20(21)25)31(29,30)28-15-7-4-8-16-28/h5-6,9-14,17H,4,7-8,15-16H2,1-3H3. The number of allylic oxidation sites excluding steroid dienone is 2. The molecular weight excluding hydrogens is 430 g/mol. The third-order valence-electron chi connectivity index (χ3n) is 6.26. The lowest BCUT2D eigenvalue weighted by atomic mass is 9.84. The summed E-state index contributed by atoms with van der Waals surface area (Å²) in [6.45, 7) is 5.51. The molecule has 0 aromatic heterocycles. The maximum Gasteiger partial charge on any atom is 0.243 e. The first-order chi connectivity index (χ1) is 14.7. The van der Waals surface area contributed by atoms with Crippen LogP contribution in [0.15, 0.2) is 64.1 Å². The number of para-hydroxylation sites is 1. The Morgan fingerprint density at radius 1 is 1.06 bits per heavy atom. The van der Waals surface area contributed by atoms with Crippen molar-refractivity contribution in [1.82, 2.24) is 4.31 Å². The number of sulfonamides is 1. The first-order valence-corrected chi connectivity index (χ1v) is 12.4. The predicted octanol–water partition coefficient (Wildman–Crippen LogP) is 5.53. The minimum Gasteiger partial charge on any atom is -0.347 e. The second-order valence-electron chi connectivity index (χ2n) is 8.61. The molecule has 2 aliphatic heterocycles. The van der Waals surface area contributed by atoms with Gasteiger partial charge in [0, 0.05) is 43.2 Å². The maximum atomic E-state index is 13.0. The topological polar surface area (TPSA) is 53.0 Å². The van der Waals surface area contributed by atoms with Crippen LogP contribution in [-0.2, 0) is 15.4 Å². The van der Waals surface area contributed by atoms with E-state index >= 15 is 0 Å². The van der Waals surface area contributed by atoms with E-state index in [9.17, 15) is 8.42 Å². The molecule has 0 saturated carbocycles. The first kappa shape index (κ1) is 22.1. The van der Waals surface area contributed by atoms with Crippen LogP contribution in [0.5, 0.6) is 0 Å². The highest BCUT2D eigenvalue weighted by atomic mass is 35.5. The van der Waals surface area contributed by atoms with Crippen molar-refractivity contribution < 1.29 is 8.42 Å². The zero-order chi connectivity index (χ0) is 22.2. The van der Waals surface area contributed by atoms with E-state index in [2.05, 4.69) is 41.9 Å². The normalized spacial score (nSPS) is 20.5. The summed E-state index contributed by atoms with van der Waals surface area (Å²) >= 11 is 6.33. The van der Waals surface area contributed by atoms with Crippen LogP contribution in [0.2, 0.25) is 5.02 Å². The molecule has 1 saturated heterocycles. The summed E-state index contributed by atoms with van der Waals surface area (Å²) in [6.07, 6.45) is 6.56. The van der Waals surface area contributed by atoms with Crippen molar-refractivity contribution in [3.05, 3.63) is 64.8 Å². The van der Waals surface area contributed by atoms with E-state index in [0.717, 1.165) is 25.0 Å².